The Labute approximate surface area is 120 Å². The van der Waals surface area contributed by atoms with E-state index in [2.05, 4.69) is 32.9 Å². The minimum absolute atomic E-state index is 0.0267. The molecular weight excluding hydrogens is 248 g/mol. The quantitative estimate of drug-likeness (QED) is 0.806. The summed E-state index contributed by atoms with van der Waals surface area (Å²) < 4.78 is 0. The van der Waals surface area contributed by atoms with E-state index < -0.39 is 0 Å². The van der Waals surface area contributed by atoms with E-state index in [9.17, 15) is 10.2 Å². The van der Waals surface area contributed by atoms with Crippen LogP contribution < -0.4 is 0 Å². The standard InChI is InChI=1S/C18H22O2/c1-4-12-10-13(5-2)17(14(6-3)11-12)15-8-7-9-16(19)18(15)20/h7-11,19-20H,4-6H2,1-3H3. The molecule has 0 saturated carbocycles. The Morgan fingerprint density at radius 1 is 0.850 bits per heavy atom. The van der Waals surface area contributed by atoms with Crippen LogP contribution in [0.25, 0.3) is 11.1 Å². The molecule has 2 aromatic rings. The van der Waals surface area contributed by atoms with Gasteiger partial charge in [0.15, 0.2) is 11.5 Å². The van der Waals surface area contributed by atoms with Crippen molar-refractivity contribution in [2.75, 3.05) is 0 Å². The van der Waals surface area contributed by atoms with E-state index in [4.69, 9.17) is 0 Å². The summed E-state index contributed by atoms with van der Waals surface area (Å²) in [5.41, 5.74) is 5.56. The van der Waals surface area contributed by atoms with Gasteiger partial charge in [-0.25, -0.2) is 0 Å². The van der Waals surface area contributed by atoms with Crippen LogP contribution in [0, 0.1) is 0 Å². The van der Waals surface area contributed by atoms with Crippen molar-refractivity contribution in [2.24, 2.45) is 0 Å². The number of hydrogen-bond acceptors (Lipinski definition) is 2. The van der Waals surface area contributed by atoms with E-state index in [-0.39, 0.29) is 11.5 Å². The largest absolute Gasteiger partial charge is 0.504 e. The van der Waals surface area contributed by atoms with E-state index in [1.54, 1.807) is 6.07 Å². The Hall–Kier alpha value is -1.96. The SMILES string of the molecule is CCc1cc(CC)c(-c2cccc(O)c2O)c(CC)c1. The molecule has 0 atom stereocenters. The Balaban J connectivity index is 2.74. The maximum Gasteiger partial charge on any atom is 0.165 e. The predicted molar refractivity (Wildman–Crippen MR) is 83.3 cm³/mol. The lowest BCUT2D eigenvalue weighted by Crippen LogP contribution is -1.98. The highest BCUT2D eigenvalue weighted by Crippen LogP contribution is 2.40. The van der Waals surface area contributed by atoms with Crippen LogP contribution in [0.15, 0.2) is 30.3 Å². The van der Waals surface area contributed by atoms with Crippen molar-refractivity contribution in [1.29, 1.82) is 0 Å². The third-order valence-corrected chi connectivity index (χ3v) is 3.82. The average Bonchev–Trinajstić information content (AvgIpc) is 2.48. The Bertz CT molecular complexity index is 590. The van der Waals surface area contributed by atoms with Gasteiger partial charge in [0.2, 0.25) is 0 Å². The van der Waals surface area contributed by atoms with Crippen LogP contribution in [0.4, 0.5) is 0 Å². The molecule has 0 spiro atoms. The van der Waals surface area contributed by atoms with Crippen molar-refractivity contribution >= 4 is 0 Å². The van der Waals surface area contributed by atoms with Gasteiger partial charge < -0.3 is 10.2 Å². The topological polar surface area (TPSA) is 40.5 Å². The summed E-state index contributed by atoms with van der Waals surface area (Å²) in [7, 11) is 0. The van der Waals surface area contributed by atoms with Crippen LogP contribution in [0.1, 0.15) is 37.5 Å². The van der Waals surface area contributed by atoms with E-state index in [0.29, 0.717) is 0 Å². The molecule has 2 nitrogen and oxygen atoms in total. The number of benzene rings is 2. The molecule has 0 aliphatic rings. The van der Waals surface area contributed by atoms with Crippen LogP contribution in [-0.2, 0) is 19.3 Å². The van der Waals surface area contributed by atoms with Crippen LogP contribution in [0.2, 0.25) is 0 Å². The van der Waals surface area contributed by atoms with Gasteiger partial charge in [0.1, 0.15) is 0 Å². The lowest BCUT2D eigenvalue weighted by Gasteiger charge is -2.17. The molecule has 0 bridgehead atoms. The third-order valence-electron chi connectivity index (χ3n) is 3.82. The lowest BCUT2D eigenvalue weighted by molar-refractivity contribution is 0.405. The van der Waals surface area contributed by atoms with Crippen LogP contribution >= 0.6 is 0 Å². The number of aryl methyl sites for hydroxylation is 3. The predicted octanol–water partition coefficient (Wildman–Crippen LogP) is 4.45. The van der Waals surface area contributed by atoms with Gasteiger partial charge in [-0.3, -0.25) is 0 Å². The monoisotopic (exact) mass is 270 g/mol. The zero-order chi connectivity index (χ0) is 14.7. The van der Waals surface area contributed by atoms with Gasteiger partial charge in [0.25, 0.3) is 0 Å². The van der Waals surface area contributed by atoms with Crippen molar-refractivity contribution in [3.63, 3.8) is 0 Å². The molecule has 2 N–H and O–H groups in total. The van der Waals surface area contributed by atoms with Crippen molar-refractivity contribution in [3.05, 3.63) is 47.0 Å². The summed E-state index contributed by atoms with van der Waals surface area (Å²) >= 11 is 0. The molecule has 0 aliphatic heterocycles. The summed E-state index contributed by atoms with van der Waals surface area (Å²) in [5, 5.41) is 19.9. The molecule has 0 radical (unpaired) electrons. The molecule has 2 rings (SSSR count). The third kappa shape index (κ3) is 2.51. The van der Waals surface area contributed by atoms with Gasteiger partial charge in [-0.05, 0) is 47.6 Å². The molecule has 0 heterocycles. The zero-order valence-corrected chi connectivity index (χ0v) is 12.4. The van der Waals surface area contributed by atoms with Crippen LogP contribution in [0.5, 0.6) is 11.5 Å². The summed E-state index contributed by atoms with van der Waals surface area (Å²) in [6.07, 6.45) is 2.82. The molecule has 106 valence electrons. The molecule has 0 fully saturated rings. The summed E-state index contributed by atoms with van der Waals surface area (Å²) in [6.45, 7) is 6.40. The van der Waals surface area contributed by atoms with Crippen LogP contribution in [-0.4, -0.2) is 10.2 Å². The van der Waals surface area contributed by atoms with Gasteiger partial charge in [-0.1, -0.05) is 45.0 Å². The van der Waals surface area contributed by atoms with E-state index in [0.717, 1.165) is 30.4 Å². The summed E-state index contributed by atoms with van der Waals surface area (Å²) in [4.78, 5) is 0. The number of phenols is 2. The fraction of sp³-hybridized carbons (Fsp3) is 0.333. The second kappa shape index (κ2) is 6.00. The van der Waals surface area contributed by atoms with Gasteiger partial charge in [0, 0.05) is 5.56 Å². The zero-order valence-electron chi connectivity index (χ0n) is 12.4. The Morgan fingerprint density at radius 3 is 1.95 bits per heavy atom. The fourth-order valence-electron chi connectivity index (χ4n) is 2.68. The summed E-state index contributed by atoms with van der Waals surface area (Å²) in [6, 6.07) is 9.57. The van der Waals surface area contributed by atoms with Gasteiger partial charge in [-0.2, -0.15) is 0 Å². The summed E-state index contributed by atoms with van der Waals surface area (Å²) in [5.74, 6) is -0.0904. The Morgan fingerprint density at radius 2 is 1.45 bits per heavy atom. The van der Waals surface area contributed by atoms with Gasteiger partial charge in [-0.15, -0.1) is 0 Å². The molecule has 2 aromatic carbocycles. The smallest absolute Gasteiger partial charge is 0.165 e. The van der Waals surface area contributed by atoms with Crippen molar-refractivity contribution in [1.82, 2.24) is 0 Å². The molecule has 0 unspecified atom stereocenters. The fourth-order valence-corrected chi connectivity index (χ4v) is 2.68. The maximum absolute atomic E-state index is 10.2. The highest BCUT2D eigenvalue weighted by Gasteiger charge is 2.15. The first-order chi connectivity index (χ1) is 9.62. The van der Waals surface area contributed by atoms with E-state index in [1.807, 2.05) is 6.07 Å². The van der Waals surface area contributed by atoms with Gasteiger partial charge in [0.05, 0.1) is 0 Å². The molecule has 0 aliphatic carbocycles. The number of para-hydroxylation sites is 1. The molecule has 0 amide bonds. The number of phenolic OH excluding ortho intramolecular Hbond substituents is 2. The van der Waals surface area contributed by atoms with E-state index >= 15 is 0 Å². The first-order valence-corrected chi connectivity index (χ1v) is 7.28. The molecular formula is C18H22O2. The first kappa shape index (κ1) is 14.4. The number of hydrogen-bond donors (Lipinski definition) is 2. The van der Waals surface area contributed by atoms with Crippen LogP contribution in [0.3, 0.4) is 0 Å². The second-order valence-electron chi connectivity index (χ2n) is 5.02. The van der Waals surface area contributed by atoms with Gasteiger partial charge >= 0.3 is 0 Å². The minimum atomic E-state index is -0.0637. The number of aromatic hydroxyl groups is 2. The first-order valence-electron chi connectivity index (χ1n) is 7.28. The van der Waals surface area contributed by atoms with Crippen molar-refractivity contribution in [2.45, 2.75) is 40.0 Å². The number of rotatable bonds is 4. The van der Waals surface area contributed by atoms with Crippen molar-refractivity contribution < 1.29 is 10.2 Å². The van der Waals surface area contributed by atoms with Crippen molar-refractivity contribution in [3.8, 4) is 22.6 Å². The second-order valence-corrected chi connectivity index (χ2v) is 5.02. The van der Waals surface area contributed by atoms with E-state index in [1.165, 1.54) is 22.8 Å². The molecule has 0 aromatic heterocycles. The molecule has 2 heteroatoms. The normalized spacial score (nSPS) is 10.8. The molecule has 20 heavy (non-hydrogen) atoms. The molecule has 0 saturated heterocycles. The average molecular weight is 270 g/mol. The highest BCUT2D eigenvalue weighted by molar-refractivity contribution is 5.78. The Kier molecular flexibility index (Phi) is 4.33. The highest BCUT2D eigenvalue weighted by atomic mass is 16.3. The lowest BCUT2D eigenvalue weighted by atomic mass is 9.89. The maximum atomic E-state index is 10.2. The minimum Gasteiger partial charge on any atom is -0.504 e.